The number of hydrogen-bond acceptors (Lipinski definition) is 3. The number of aliphatic hydroxyl groups excluding tert-OH is 1. The van der Waals surface area contributed by atoms with Gasteiger partial charge in [-0.15, -0.1) is 0 Å². The van der Waals surface area contributed by atoms with Gasteiger partial charge in [-0.05, 0) is 37.5 Å². The predicted molar refractivity (Wildman–Crippen MR) is 66.1 cm³/mol. The number of benzene rings is 1. The fourth-order valence-electron chi connectivity index (χ4n) is 2.04. The molecule has 0 amide bonds. The minimum atomic E-state index is -0.300. The molecular formula is C12H13BrN2O. The average molecular weight is 281 g/mol. The number of anilines is 1. The summed E-state index contributed by atoms with van der Waals surface area (Å²) in [6.07, 6.45) is 2.53. The summed E-state index contributed by atoms with van der Waals surface area (Å²) in [5.74, 6) is 0. The summed E-state index contributed by atoms with van der Waals surface area (Å²) in [4.78, 5) is 0. The molecule has 84 valence electrons. The topological polar surface area (TPSA) is 56.0 Å². The molecule has 1 aliphatic rings. The van der Waals surface area contributed by atoms with Gasteiger partial charge in [-0.2, -0.15) is 5.26 Å². The summed E-state index contributed by atoms with van der Waals surface area (Å²) < 4.78 is 0.932. The first kappa shape index (κ1) is 11.4. The fraction of sp³-hybridized carbons (Fsp3) is 0.417. The van der Waals surface area contributed by atoms with Crippen molar-refractivity contribution in [2.45, 2.75) is 31.4 Å². The molecule has 1 fully saturated rings. The first-order valence-electron chi connectivity index (χ1n) is 5.35. The number of nitrogens with zero attached hydrogens (tertiary/aromatic N) is 1. The van der Waals surface area contributed by atoms with E-state index in [4.69, 9.17) is 5.26 Å². The molecule has 1 saturated carbocycles. The zero-order chi connectivity index (χ0) is 11.5. The Bertz CT molecular complexity index is 428. The van der Waals surface area contributed by atoms with Crippen molar-refractivity contribution in [3.63, 3.8) is 0 Å². The predicted octanol–water partition coefficient (Wildman–Crippen LogP) is 2.65. The third-order valence-electron chi connectivity index (χ3n) is 2.92. The van der Waals surface area contributed by atoms with Gasteiger partial charge in [-0.3, -0.25) is 0 Å². The zero-order valence-electron chi connectivity index (χ0n) is 8.78. The molecule has 16 heavy (non-hydrogen) atoms. The zero-order valence-corrected chi connectivity index (χ0v) is 10.4. The Kier molecular flexibility index (Phi) is 3.47. The molecular weight excluding hydrogens is 268 g/mol. The molecule has 4 heteroatoms. The van der Waals surface area contributed by atoms with Gasteiger partial charge >= 0.3 is 0 Å². The van der Waals surface area contributed by atoms with Crippen molar-refractivity contribution in [3.8, 4) is 6.07 Å². The number of halogens is 1. The van der Waals surface area contributed by atoms with Crippen LogP contribution in [0.5, 0.6) is 0 Å². The Morgan fingerprint density at radius 3 is 2.88 bits per heavy atom. The number of nitrogens with one attached hydrogen (secondary N) is 1. The number of aliphatic hydroxyl groups is 1. The van der Waals surface area contributed by atoms with Crippen molar-refractivity contribution in [1.29, 1.82) is 5.26 Å². The van der Waals surface area contributed by atoms with E-state index >= 15 is 0 Å². The van der Waals surface area contributed by atoms with Crippen LogP contribution in [0.15, 0.2) is 22.7 Å². The van der Waals surface area contributed by atoms with Crippen LogP contribution >= 0.6 is 15.9 Å². The summed E-state index contributed by atoms with van der Waals surface area (Å²) >= 11 is 3.38. The van der Waals surface area contributed by atoms with E-state index in [0.29, 0.717) is 5.56 Å². The van der Waals surface area contributed by atoms with Gasteiger partial charge in [0.25, 0.3) is 0 Å². The average Bonchev–Trinajstić information content (AvgIpc) is 2.65. The Balaban J connectivity index is 2.20. The maximum atomic E-state index is 9.73. The van der Waals surface area contributed by atoms with E-state index in [2.05, 4.69) is 27.3 Å². The molecule has 2 rings (SSSR count). The number of rotatable bonds is 2. The molecule has 1 aliphatic carbocycles. The van der Waals surface area contributed by atoms with Crippen molar-refractivity contribution in [1.82, 2.24) is 0 Å². The minimum Gasteiger partial charge on any atom is -0.391 e. The lowest BCUT2D eigenvalue weighted by molar-refractivity contribution is 0.172. The SMILES string of the molecule is N#Cc1ccc(Br)cc1NC1CCCC1O. The number of nitriles is 1. The molecule has 0 aliphatic heterocycles. The van der Waals surface area contributed by atoms with Gasteiger partial charge in [-0.25, -0.2) is 0 Å². The summed E-state index contributed by atoms with van der Waals surface area (Å²) in [6.45, 7) is 0. The summed E-state index contributed by atoms with van der Waals surface area (Å²) in [7, 11) is 0. The van der Waals surface area contributed by atoms with Crippen molar-refractivity contribution in [3.05, 3.63) is 28.2 Å². The third kappa shape index (κ3) is 2.37. The highest BCUT2D eigenvalue weighted by molar-refractivity contribution is 9.10. The second-order valence-electron chi connectivity index (χ2n) is 4.05. The molecule has 0 spiro atoms. The lowest BCUT2D eigenvalue weighted by atomic mass is 10.1. The molecule has 3 nitrogen and oxygen atoms in total. The van der Waals surface area contributed by atoms with Crippen LogP contribution in [0.3, 0.4) is 0 Å². The van der Waals surface area contributed by atoms with Crippen molar-refractivity contribution >= 4 is 21.6 Å². The maximum Gasteiger partial charge on any atom is 0.101 e. The molecule has 2 N–H and O–H groups in total. The van der Waals surface area contributed by atoms with Crippen LogP contribution < -0.4 is 5.32 Å². The highest BCUT2D eigenvalue weighted by Crippen LogP contribution is 2.26. The highest BCUT2D eigenvalue weighted by Gasteiger charge is 2.25. The Labute approximate surface area is 103 Å². The lowest BCUT2D eigenvalue weighted by Crippen LogP contribution is -2.28. The van der Waals surface area contributed by atoms with Crippen LogP contribution in [0.4, 0.5) is 5.69 Å². The minimum absolute atomic E-state index is 0.0707. The van der Waals surface area contributed by atoms with Crippen LogP contribution in [0.2, 0.25) is 0 Å². The van der Waals surface area contributed by atoms with E-state index in [1.54, 1.807) is 6.07 Å². The molecule has 1 aromatic carbocycles. The van der Waals surface area contributed by atoms with Crippen molar-refractivity contribution < 1.29 is 5.11 Å². The van der Waals surface area contributed by atoms with E-state index in [-0.39, 0.29) is 12.1 Å². The Morgan fingerprint density at radius 1 is 1.44 bits per heavy atom. The smallest absolute Gasteiger partial charge is 0.101 e. The fourth-order valence-corrected chi connectivity index (χ4v) is 2.40. The first-order chi connectivity index (χ1) is 7.70. The van der Waals surface area contributed by atoms with Crippen LogP contribution in [0, 0.1) is 11.3 Å². The second kappa shape index (κ2) is 4.86. The Morgan fingerprint density at radius 2 is 2.25 bits per heavy atom. The van der Waals surface area contributed by atoms with Crippen molar-refractivity contribution in [2.75, 3.05) is 5.32 Å². The Hall–Kier alpha value is -1.05. The second-order valence-corrected chi connectivity index (χ2v) is 4.97. The normalized spacial score (nSPS) is 24.1. The number of hydrogen-bond donors (Lipinski definition) is 2. The molecule has 0 heterocycles. The van der Waals surface area contributed by atoms with Gasteiger partial charge in [0.15, 0.2) is 0 Å². The van der Waals surface area contributed by atoms with E-state index in [1.807, 2.05) is 12.1 Å². The van der Waals surface area contributed by atoms with Gasteiger partial charge in [0.05, 0.1) is 23.4 Å². The van der Waals surface area contributed by atoms with Crippen LogP contribution in [-0.2, 0) is 0 Å². The quantitative estimate of drug-likeness (QED) is 0.876. The summed E-state index contributed by atoms with van der Waals surface area (Å²) in [6, 6.07) is 7.71. The van der Waals surface area contributed by atoms with E-state index in [9.17, 15) is 5.11 Å². The van der Waals surface area contributed by atoms with Crippen LogP contribution in [0.1, 0.15) is 24.8 Å². The summed E-state index contributed by atoms with van der Waals surface area (Å²) in [5, 5.41) is 22.0. The molecule has 0 radical (unpaired) electrons. The maximum absolute atomic E-state index is 9.73. The van der Waals surface area contributed by atoms with Gasteiger partial charge in [-0.1, -0.05) is 15.9 Å². The molecule has 0 bridgehead atoms. The molecule has 2 unspecified atom stereocenters. The highest BCUT2D eigenvalue weighted by atomic mass is 79.9. The molecule has 2 atom stereocenters. The van der Waals surface area contributed by atoms with E-state index in [0.717, 1.165) is 29.4 Å². The van der Waals surface area contributed by atoms with Gasteiger partial charge in [0.1, 0.15) is 6.07 Å². The van der Waals surface area contributed by atoms with Crippen molar-refractivity contribution in [2.24, 2.45) is 0 Å². The molecule has 0 saturated heterocycles. The van der Waals surface area contributed by atoms with Gasteiger partial charge < -0.3 is 10.4 Å². The van der Waals surface area contributed by atoms with Gasteiger partial charge in [0.2, 0.25) is 0 Å². The summed E-state index contributed by atoms with van der Waals surface area (Å²) in [5.41, 5.74) is 1.41. The monoisotopic (exact) mass is 280 g/mol. The van der Waals surface area contributed by atoms with E-state index in [1.165, 1.54) is 0 Å². The first-order valence-corrected chi connectivity index (χ1v) is 6.14. The van der Waals surface area contributed by atoms with Crippen LogP contribution in [-0.4, -0.2) is 17.3 Å². The van der Waals surface area contributed by atoms with E-state index < -0.39 is 0 Å². The molecule has 0 aromatic heterocycles. The molecule has 1 aromatic rings. The standard InChI is InChI=1S/C12H13BrN2O/c13-9-5-4-8(7-14)11(6-9)15-10-2-1-3-12(10)16/h4-6,10,12,15-16H,1-3H2. The largest absolute Gasteiger partial charge is 0.391 e. The third-order valence-corrected chi connectivity index (χ3v) is 3.42. The van der Waals surface area contributed by atoms with Crippen LogP contribution in [0.25, 0.3) is 0 Å². The lowest BCUT2D eigenvalue weighted by Gasteiger charge is -2.18. The van der Waals surface area contributed by atoms with Gasteiger partial charge in [0, 0.05) is 4.47 Å².